The number of carbonyl (C=O) groups is 1. The first kappa shape index (κ1) is 18.3. The molecule has 1 amide bonds. The highest BCUT2D eigenvalue weighted by atomic mass is 19.1. The number of carbonyl (C=O) groups excluding carboxylic acids is 1. The quantitative estimate of drug-likeness (QED) is 0.508. The molecule has 0 heterocycles. The maximum Gasteiger partial charge on any atom is 0.244 e. The van der Waals surface area contributed by atoms with Crippen molar-refractivity contribution in [2.45, 2.75) is 13.0 Å². The third-order valence-electron chi connectivity index (χ3n) is 3.83. The van der Waals surface area contributed by atoms with E-state index in [4.69, 9.17) is 4.74 Å². The van der Waals surface area contributed by atoms with Crippen LogP contribution in [0, 0.1) is 5.82 Å². The van der Waals surface area contributed by atoms with Crippen LogP contribution in [0.4, 0.5) is 4.39 Å². The summed E-state index contributed by atoms with van der Waals surface area (Å²) in [5.41, 5.74) is 5.04. The van der Waals surface area contributed by atoms with E-state index in [-0.39, 0.29) is 18.1 Å². The van der Waals surface area contributed by atoms with Crippen LogP contribution in [0.15, 0.2) is 84.0 Å². The highest BCUT2D eigenvalue weighted by molar-refractivity contribution is 5.85. The highest BCUT2D eigenvalue weighted by Crippen LogP contribution is 2.17. The lowest BCUT2D eigenvalue weighted by atomic mass is 10.1. The summed E-state index contributed by atoms with van der Waals surface area (Å²) in [6.07, 6.45) is 1.81. The van der Waals surface area contributed by atoms with Crippen molar-refractivity contribution in [1.82, 2.24) is 5.43 Å². The molecule has 4 nitrogen and oxygen atoms in total. The fourth-order valence-electron chi connectivity index (χ4n) is 2.45. The Balaban J connectivity index is 1.57. The second-order valence-corrected chi connectivity index (χ2v) is 5.91. The molecule has 0 aliphatic heterocycles. The van der Waals surface area contributed by atoms with Gasteiger partial charge in [-0.05, 0) is 35.4 Å². The molecule has 0 unspecified atom stereocenters. The maximum absolute atomic E-state index is 13.0. The van der Waals surface area contributed by atoms with Crippen LogP contribution < -0.4 is 10.2 Å². The molecule has 0 aliphatic carbocycles. The Hall–Kier alpha value is -3.47. The zero-order valence-electron chi connectivity index (χ0n) is 14.6. The summed E-state index contributed by atoms with van der Waals surface area (Å²) in [4.78, 5) is 11.9. The van der Waals surface area contributed by atoms with Gasteiger partial charge in [-0.2, -0.15) is 5.10 Å². The van der Waals surface area contributed by atoms with E-state index in [9.17, 15) is 9.18 Å². The van der Waals surface area contributed by atoms with Crippen LogP contribution in [0.3, 0.4) is 0 Å². The molecule has 0 aliphatic rings. The molecule has 0 radical (unpaired) electrons. The number of benzene rings is 3. The lowest BCUT2D eigenvalue weighted by Gasteiger charge is -2.09. The van der Waals surface area contributed by atoms with Crippen LogP contribution >= 0.6 is 0 Å². The van der Waals surface area contributed by atoms with Gasteiger partial charge in [-0.3, -0.25) is 4.79 Å². The largest absolute Gasteiger partial charge is 0.488 e. The SMILES string of the molecule is O=C(Cc1ccccc1)N/N=C\c1ccccc1OCc1ccc(F)cc1. The van der Waals surface area contributed by atoms with E-state index in [0.29, 0.717) is 12.4 Å². The van der Waals surface area contributed by atoms with Crippen molar-refractivity contribution in [1.29, 1.82) is 0 Å². The van der Waals surface area contributed by atoms with E-state index in [1.807, 2.05) is 54.6 Å². The molecule has 0 saturated carbocycles. The summed E-state index contributed by atoms with van der Waals surface area (Å²) in [5.74, 6) is 0.155. The van der Waals surface area contributed by atoms with Gasteiger partial charge < -0.3 is 4.74 Å². The maximum atomic E-state index is 13.0. The van der Waals surface area contributed by atoms with E-state index in [0.717, 1.165) is 16.7 Å². The number of para-hydroxylation sites is 1. The Kier molecular flexibility index (Phi) is 6.30. The number of amides is 1. The van der Waals surface area contributed by atoms with Crippen molar-refractivity contribution >= 4 is 12.1 Å². The minimum Gasteiger partial charge on any atom is -0.488 e. The first-order chi connectivity index (χ1) is 13.2. The van der Waals surface area contributed by atoms with Gasteiger partial charge in [0.05, 0.1) is 12.6 Å². The van der Waals surface area contributed by atoms with Crippen LogP contribution in [0.1, 0.15) is 16.7 Å². The Morgan fingerprint density at radius 1 is 0.926 bits per heavy atom. The summed E-state index contributed by atoms with van der Waals surface area (Å²) >= 11 is 0. The number of halogens is 1. The highest BCUT2D eigenvalue weighted by Gasteiger charge is 2.03. The van der Waals surface area contributed by atoms with E-state index in [1.54, 1.807) is 18.3 Å². The van der Waals surface area contributed by atoms with Gasteiger partial charge in [0.2, 0.25) is 5.91 Å². The summed E-state index contributed by atoms with van der Waals surface area (Å²) in [6.45, 7) is 0.311. The molecule has 3 aromatic rings. The molecule has 0 fully saturated rings. The number of ether oxygens (including phenoxy) is 1. The zero-order valence-corrected chi connectivity index (χ0v) is 14.6. The Morgan fingerprint density at radius 2 is 1.63 bits per heavy atom. The molecule has 0 aromatic heterocycles. The fourth-order valence-corrected chi connectivity index (χ4v) is 2.45. The number of hydrogen-bond donors (Lipinski definition) is 1. The molecular weight excluding hydrogens is 343 g/mol. The van der Waals surface area contributed by atoms with Gasteiger partial charge in [-0.25, -0.2) is 9.82 Å². The lowest BCUT2D eigenvalue weighted by Crippen LogP contribution is -2.19. The third-order valence-corrected chi connectivity index (χ3v) is 3.83. The standard InChI is InChI=1S/C22H19FN2O2/c23-20-12-10-18(11-13-20)16-27-21-9-5-4-8-19(21)15-24-25-22(26)14-17-6-2-1-3-7-17/h1-13,15H,14,16H2,(H,25,26)/b24-15-. The normalized spacial score (nSPS) is 10.7. The minimum absolute atomic E-state index is 0.192. The van der Waals surface area contributed by atoms with E-state index in [1.165, 1.54) is 12.1 Å². The Bertz CT molecular complexity index is 909. The van der Waals surface area contributed by atoms with Gasteiger partial charge >= 0.3 is 0 Å². The third kappa shape index (κ3) is 5.78. The molecular formula is C22H19FN2O2. The molecule has 0 atom stereocenters. The van der Waals surface area contributed by atoms with Gasteiger partial charge in [-0.15, -0.1) is 0 Å². The van der Waals surface area contributed by atoms with Gasteiger partial charge in [0.1, 0.15) is 18.2 Å². The summed E-state index contributed by atoms with van der Waals surface area (Å²) in [7, 11) is 0. The van der Waals surface area contributed by atoms with Crippen LogP contribution in [0.2, 0.25) is 0 Å². The fraction of sp³-hybridized carbons (Fsp3) is 0.0909. The van der Waals surface area contributed by atoms with Crippen LogP contribution in [-0.4, -0.2) is 12.1 Å². The monoisotopic (exact) mass is 362 g/mol. The lowest BCUT2D eigenvalue weighted by molar-refractivity contribution is -0.120. The zero-order chi connectivity index (χ0) is 18.9. The second kappa shape index (κ2) is 9.29. The van der Waals surface area contributed by atoms with Crippen molar-refractivity contribution < 1.29 is 13.9 Å². The predicted octanol–water partition coefficient (Wildman–Crippen LogP) is 4.10. The molecule has 5 heteroatoms. The van der Waals surface area contributed by atoms with E-state index in [2.05, 4.69) is 10.5 Å². The topological polar surface area (TPSA) is 50.7 Å². The van der Waals surface area contributed by atoms with Crippen LogP contribution in [0.25, 0.3) is 0 Å². The van der Waals surface area contributed by atoms with Crippen LogP contribution in [-0.2, 0) is 17.8 Å². The molecule has 3 rings (SSSR count). The van der Waals surface area contributed by atoms with Crippen molar-refractivity contribution in [3.63, 3.8) is 0 Å². The van der Waals surface area contributed by atoms with Crippen molar-refractivity contribution in [2.24, 2.45) is 5.10 Å². The van der Waals surface area contributed by atoms with Gasteiger partial charge in [0, 0.05) is 5.56 Å². The number of hydrazone groups is 1. The van der Waals surface area contributed by atoms with Crippen LogP contribution in [0.5, 0.6) is 5.75 Å². The van der Waals surface area contributed by atoms with Gasteiger partial charge in [0.25, 0.3) is 0 Å². The first-order valence-corrected chi connectivity index (χ1v) is 8.53. The minimum atomic E-state index is -0.280. The van der Waals surface area contributed by atoms with Gasteiger partial charge in [-0.1, -0.05) is 54.6 Å². The van der Waals surface area contributed by atoms with E-state index >= 15 is 0 Å². The smallest absolute Gasteiger partial charge is 0.244 e. The molecule has 27 heavy (non-hydrogen) atoms. The van der Waals surface area contributed by atoms with Crippen molar-refractivity contribution in [2.75, 3.05) is 0 Å². The van der Waals surface area contributed by atoms with Crippen molar-refractivity contribution in [3.8, 4) is 5.75 Å². The molecule has 0 saturated heterocycles. The number of hydrogen-bond acceptors (Lipinski definition) is 3. The van der Waals surface area contributed by atoms with Crippen molar-refractivity contribution in [3.05, 3.63) is 101 Å². The summed E-state index contributed by atoms with van der Waals surface area (Å²) in [6, 6.07) is 23.0. The molecule has 1 N–H and O–H groups in total. The number of rotatable bonds is 7. The molecule has 3 aromatic carbocycles. The Morgan fingerprint density at radius 3 is 2.41 bits per heavy atom. The summed E-state index contributed by atoms with van der Waals surface area (Å²) < 4.78 is 18.8. The molecule has 136 valence electrons. The average molecular weight is 362 g/mol. The molecule has 0 bridgehead atoms. The predicted molar refractivity (Wildman–Crippen MR) is 103 cm³/mol. The van der Waals surface area contributed by atoms with Gasteiger partial charge in [0.15, 0.2) is 0 Å². The average Bonchev–Trinajstić information content (AvgIpc) is 2.69. The second-order valence-electron chi connectivity index (χ2n) is 5.91. The summed E-state index contributed by atoms with van der Waals surface area (Å²) in [5, 5.41) is 4.01. The first-order valence-electron chi connectivity index (χ1n) is 8.53. The number of nitrogens with zero attached hydrogens (tertiary/aromatic N) is 1. The molecule has 0 spiro atoms. The Labute approximate surface area is 157 Å². The van der Waals surface area contributed by atoms with E-state index < -0.39 is 0 Å². The number of nitrogens with one attached hydrogen (secondary N) is 1.